The molecule has 1 aliphatic rings. The quantitative estimate of drug-likeness (QED) is 0.368. The fraction of sp³-hybridized carbons (Fsp3) is 0.154. The van der Waals surface area contributed by atoms with Crippen molar-refractivity contribution in [3.05, 3.63) is 90.0 Å². The van der Waals surface area contributed by atoms with Crippen LogP contribution in [0.5, 0.6) is 0 Å². The number of fused-ring (bicyclic) bond motifs is 1. The lowest BCUT2D eigenvalue weighted by Crippen LogP contribution is -2.31. The van der Waals surface area contributed by atoms with Gasteiger partial charge in [-0.3, -0.25) is 19.3 Å². The summed E-state index contributed by atoms with van der Waals surface area (Å²) >= 11 is 0. The molecule has 2 aromatic heterocycles. The summed E-state index contributed by atoms with van der Waals surface area (Å²) in [6.45, 7) is 2.01. The van der Waals surface area contributed by atoms with Crippen molar-refractivity contribution in [2.24, 2.45) is 0 Å². The Morgan fingerprint density at radius 3 is 2.28 bits per heavy atom. The standard InChI is InChI=1S/C26H23N7O3/c1-17-28-22(16-23(29-17)33-15-5-13-27-33)30-18-9-11-19(12-10-18)31-24(34)8-4-14-32-25(35)20-6-2-3-7-21(20)26(32)36/h2-3,5-7,9-13,15-16H,4,8,14H2,1H3,(H,31,34)(H,28,29,30). The summed E-state index contributed by atoms with van der Waals surface area (Å²) in [5, 5.41) is 10.3. The molecule has 3 amide bonds. The van der Waals surface area contributed by atoms with Gasteiger partial charge in [-0.2, -0.15) is 5.10 Å². The molecular weight excluding hydrogens is 458 g/mol. The summed E-state index contributed by atoms with van der Waals surface area (Å²) in [5.41, 5.74) is 2.26. The maximum atomic E-state index is 12.4. The highest BCUT2D eigenvalue weighted by Crippen LogP contribution is 2.23. The summed E-state index contributed by atoms with van der Waals surface area (Å²) in [6, 6.07) is 17.6. The van der Waals surface area contributed by atoms with Gasteiger partial charge in [0.2, 0.25) is 5.91 Å². The van der Waals surface area contributed by atoms with Crippen LogP contribution in [0.15, 0.2) is 73.1 Å². The van der Waals surface area contributed by atoms with Gasteiger partial charge in [0.25, 0.3) is 11.8 Å². The van der Waals surface area contributed by atoms with E-state index in [2.05, 4.69) is 25.7 Å². The van der Waals surface area contributed by atoms with Gasteiger partial charge in [-0.05, 0) is 55.8 Å². The normalized spacial score (nSPS) is 12.5. The highest BCUT2D eigenvalue weighted by molar-refractivity contribution is 6.21. The number of aromatic nitrogens is 4. The van der Waals surface area contributed by atoms with Crippen LogP contribution in [0, 0.1) is 6.92 Å². The largest absolute Gasteiger partial charge is 0.340 e. The second-order valence-electron chi connectivity index (χ2n) is 8.27. The van der Waals surface area contributed by atoms with Crippen molar-refractivity contribution in [2.75, 3.05) is 17.2 Å². The van der Waals surface area contributed by atoms with Crippen LogP contribution in [-0.2, 0) is 4.79 Å². The van der Waals surface area contributed by atoms with Crippen LogP contribution in [0.3, 0.4) is 0 Å². The molecule has 0 spiro atoms. The predicted molar refractivity (Wildman–Crippen MR) is 133 cm³/mol. The summed E-state index contributed by atoms with van der Waals surface area (Å²) in [5.74, 6) is 1.07. The zero-order valence-corrected chi connectivity index (χ0v) is 19.5. The number of rotatable bonds is 8. The zero-order chi connectivity index (χ0) is 25.1. The van der Waals surface area contributed by atoms with Gasteiger partial charge in [-0.15, -0.1) is 0 Å². The Labute approximate surface area is 207 Å². The first kappa shape index (κ1) is 22.9. The maximum absolute atomic E-state index is 12.4. The van der Waals surface area contributed by atoms with Gasteiger partial charge in [-0.25, -0.2) is 14.6 Å². The minimum Gasteiger partial charge on any atom is -0.340 e. The molecule has 1 aliphatic heterocycles. The molecule has 10 heteroatoms. The van der Waals surface area contributed by atoms with Crippen molar-refractivity contribution in [1.82, 2.24) is 24.6 Å². The highest BCUT2D eigenvalue weighted by Gasteiger charge is 2.34. The van der Waals surface area contributed by atoms with Crippen LogP contribution in [0.4, 0.5) is 17.2 Å². The minimum atomic E-state index is -0.310. The number of nitrogens with zero attached hydrogens (tertiary/aromatic N) is 5. The van der Waals surface area contributed by atoms with Crippen LogP contribution in [0.2, 0.25) is 0 Å². The Hall–Kier alpha value is -4.86. The second kappa shape index (κ2) is 9.79. The number of anilines is 3. The van der Waals surface area contributed by atoms with Crippen molar-refractivity contribution in [2.45, 2.75) is 19.8 Å². The Bertz CT molecular complexity index is 1400. The number of amides is 3. The molecule has 5 rings (SSSR count). The van der Waals surface area contributed by atoms with Gasteiger partial charge in [0.05, 0.1) is 11.1 Å². The number of imide groups is 1. The lowest BCUT2D eigenvalue weighted by Gasteiger charge is -2.13. The van der Waals surface area contributed by atoms with Crippen molar-refractivity contribution >= 4 is 34.9 Å². The maximum Gasteiger partial charge on any atom is 0.261 e. The van der Waals surface area contributed by atoms with E-state index in [1.165, 1.54) is 4.90 Å². The first-order valence-corrected chi connectivity index (χ1v) is 11.5. The third-order valence-electron chi connectivity index (χ3n) is 5.67. The van der Waals surface area contributed by atoms with E-state index in [0.717, 1.165) is 5.69 Å². The van der Waals surface area contributed by atoms with Crippen molar-refractivity contribution in [3.63, 3.8) is 0 Å². The molecule has 0 radical (unpaired) electrons. The van der Waals surface area contributed by atoms with E-state index in [1.807, 2.05) is 31.3 Å². The summed E-state index contributed by atoms with van der Waals surface area (Å²) < 4.78 is 1.66. The molecule has 4 aromatic rings. The van der Waals surface area contributed by atoms with Gasteiger partial charge in [0, 0.05) is 42.8 Å². The lowest BCUT2D eigenvalue weighted by molar-refractivity contribution is -0.116. The predicted octanol–water partition coefficient (Wildman–Crippen LogP) is 3.73. The third kappa shape index (κ3) is 4.83. The summed E-state index contributed by atoms with van der Waals surface area (Å²) in [4.78, 5) is 47.2. The van der Waals surface area contributed by atoms with E-state index in [-0.39, 0.29) is 30.7 Å². The van der Waals surface area contributed by atoms with Crippen molar-refractivity contribution in [1.29, 1.82) is 0 Å². The van der Waals surface area contributed by atoms with Crippen LogP contribution in [-0.4, -0.2) is 48.9 Å². The molecular formula is C26H23N7O3. The van der Waals surface area contributed by atoms with Crippen LogP contribution in [0.25, 0.3) is 5.82 Å². The number of carbonyl (C=O) groups excluding carboxylic acids is 3. The molecule has 0 bridgehead atoms. The molecule has 0 atom stereocenters. The Balaban J connectivity index is 1.13. The van der Waals surface area contributed by atoms with Crippen LogP contribution >= 0.6 is 0 Å². The van der Waals surface area contributed by atoms with Crippen molar-refractivity contribution < 1.29 is 14.4 Å². The number of nitrogens with one attached hydrogen (secondary N) is 2. The van der Waals surface area contributed by atoms with E-state index in [1.54, 1.807) is 53.3 Å². The molecule has 0 unspecified atom stereocenters. The molecule has 0 fully saturated rings. The first-order valence-electron chi connectivity index (χ1n) is 11.5. The van der Waals surface area contributed by atoms with Crippen molar-refractivity contribution in [3.8, 4) is 5.82 Å². The molecule has 180 valence electrons. The molecule has 0 saturated carbocycles. The SMILES string of the molecule is Cc1nc(Nc2ccc(NC(=O)CCCN3C(=O)c4ccccc4C3=O)cc2)cc(-n2cccn2)n1. The van der Waals surface area contributed by atoms with Gasteiger partial charge in [-0.1, -0.05) is 12.1 Å². The van der Waals surface area contributed by atoms with Gasteiger partial charge >= 0.3 is 0 Å². The lowest BCUT2D eigenvalue weighted by atomic mass is 10.1. The third-order valence-corrected chi connectivity index (χ3v) is 5.67. The number of hydrogen-bond acceptors (Lipinski definition) is 7. The number of aryl methyl sites for hydroxylation is 1. The van der Waals surface area contributed by atoms with Gasteiger partial charge in [0.1, 0.15) is 11.6 Å². The average Bonchev–Trinajstić information content (AvgIpc) is 3.49. The fourth-order valence-electron chi connectivity index (χ4n) is 3.99. The molecule has 3 heterocycles. The summed E-state index contributed by atoms with van der Waals surface area (Å²) in [7, 11) is 0. The average molecular weight is 482 g/mol. The fourth-order valence-corrected chi connectivity index (χ4v) is 3.99. The van der Waals surface area contributed by atoms with Crippen LogP contribution < -0.4 is 10.6 Å². The Morgan fingerprint density at radius 2 is 1.61 bits per heavy atom. The first-order chi connectivity index (χ1) is 17.5. The van der Waals surface area contributed by atoms with Gasteiger partial charge in [0.15, 0.2) is 5.82 Å². The molecule has 0 aliphatic carbocycles. The number of benzene rings is 2. The van der Waals surface area contributed by atoms with Crippen LogP contribution in [0.1, 0.15) is 39.4 Å². The van der Waals surface area contributed by atoms with E-state index in [4.69, 9.17) is 0 Å². The van der Waals surface area contributed by atoms with E-state index in [0.29, 0.717) is 40.7 Å². The summed E-state index contributed by atoms with van der Waals surface area (Å²) in [6.07, 6.45) is 4.05. The molecule has 2 aromatic carbocycles. The molecule has 0 saturated heterocycles. The minimum absolute atomic E-state index is 0.184. The zero-order valence-electron chi connectivity index (χ0n) is 19.5. The smallest absolute Gasteiger partial charge is 0.261 e. The highest BCUT2D eigenvalue weighted by atomic mass is 16.2. The Kier molecular flexibility index (Phi) is 6.23. The molecule has 2 N–H and O–H groups in total. The Morgan fingerprint density at radius 1 is 0.917 bits per heavy atom. The van der Waals surface area contributed by atoms with E-state index >= 15 is 0 Å². The monoisotopic (exact) mass is 481 g/mol. The number of carbonyl (C=O) groups is 3. The molecule has 36 heavy (non-hydrogen) atoms. The van der Waals surface area contributed by atoms with E-state index < -0.39 is 0 Å². The van der Waals surface area contributed by atoms with E-state index in [9.17, 15) is 14.4 Å². The number of hydrogen-bond donors (Lipinski definition) is 2. The topological polar surface area (TPSA) is 122 Å². The molecule has 10 nitrogen and oxygen atoms in total. The second-order valence-corrected chi connectivity index (χ2v) is 8.27. The van der Waals surface area contributed by atoms with Gasteiger partial charge < -0.3 is 10.6 Å².